The van der Waals surface area contributed by atoms with Gasteiger partial charge in [0.15, 0.2) is 6.29 Å². The molecule has 60 heavy (non-hydrogen) atoms. The van der Waals surface area contributed by atoms with Crippen molar-refractivity contribution in [2.45, 2.75) is 269 Å². The fourth-order valence-electron chi connectivity index (χ4n) is 7.98. The van der Waals surface area contributed by atoms with Crippen molar-refractivity contribution in [3.8, 4) is 0 Å². The maximum Gasteiger partial charge on any atom is 0.397 e. The van der Waals surface area contributed by atoms with Crippen molar-refractivity contribution in [1.82, 2.24) is 5.32 Å². The van der Waals surface area contributed by atoms with Crippen molar-refractivity contribution < 1.29 is 51.8 Å². The van der Waals surface area contributed by atoms with Gasteiger partial charge < -0.3 is 35.2 Å². The summed E-state index contributed by atoms with van der Waals surface area (Å²) in [5, 5.41) is 44.8. The van der Waals surface area contributed by atoms with E-state index in [-0.39, 0.29) is 18.9 Å². The molecular formula is C47H91NO11S. The third-order valence-corrected chi connectivity index (χ3v) is 12.3. The highest BCUT2D eigenvalue weighted by Crippen LogP contribution is 2.26. The number of carbonyl (C=O) groups is 1. The predicted molar refractivity (Wildman–Crippen MR) is 241 cm³/mol. The smallest absolute Gasteiger partial charge is 0.394 e. The van der Waals surface area contributed by atoms with Crippen LogP contribution < -0.4 is 5.32 Å². The number of hydrogen-bond acceptors (Lipinski definition) is 10. The predicted octanol–water partition coefficient (Wildman–Crippen LogP) is 9.95. The number of hydrogen-bond donors (Lipinski definition) is 6. The van der Waals surface area contributed by atoms with Crippen molar-refractivity contribution in [3.63, 3.8) is 0 Å². The minimum absolute atomic E-state index is 0.259. The minimum Gasteiger partial charge on any atom is -0.394 e. The number of aliphatic hydroxyl groups excluding tert-OH is 4. The molecule has 1 amide bonds. The number of carbonyl (C=O) groups excluding carboxylic acids is 1. The summed E-state index contributed by atoms with van der Waals surface area (Å²) in [5.74, 6) is -0.259. The maximum absolute atomic E-state index is 13.0. The van der Waals surface area contributed by atoms with E-state index in [0.717, 1.165) is 38.5 Å². The van der Waals surface area contributed by atoms with Crippen LogP contribution in [0.2, 0.25) is 0 Å². The summed E-state index contributed by atoms with van der Waals surface area (Å²) in [6, 6.07) is -0.938. The number of rotatable bonds is 42. The number of allylic oxidation sites excluding steroid dienone is 1. The molecule has 1 aliphatic heterocycles. The first-order valence-corrected chi connectivity index (χ1v) is 25.9. The molecule has 1 aliphatic rings. The molecule has 0 aromatic rings. The Bertz CT molecular complexity index is 1130. The van der Waals surface area contributed by atoms with Crippen LogP contribution in [0.1, 0.15) is 226 Å². The van der Waals surface area contributed by atoms with Gasteiger partial charge in [-0.25, -0.2) is 4.18 Å². The van der Waals surface area contributed by atoms with Crippen LogP contribution in [0.4, 0.5) is 0 Å². The molecule has 0 spiro atoms. The van der Waals surface area contributed by atoms with Gasteiger partial charge in [-0.1, -0.05) is 212 Å². The van der Waals surface area contributed by atoms with Crippen molar-refractivity contribution in [2.75, 3.05) is 13.2 Å². The van der Waals surface area contributed by atoms with Gasteiger partial charge >= 0.3 is 10.4 Å². The molecule has 0 aromatic carbocycles. The molecule has 0 bridgehead atoms. The van der Waals surface area contributed by atoms with E-state index in [1.807, 2.05) is 6.08 Å². The van der Waals surface area contributed by atoms with Gasteiger partial charge in [-0.3, -0.25) is 9.35 Å². The van der Waals surface area contributed by atoms with E-state index in [1.165, 1.54) is 161 Å². The van der Waals surface area contributed by atoms with E-state index in [9.17, 15) is 38.2 Å². The Labute approximate surface area is 366 Å². The van der Waals surface area contributed by atoms with Gasteiger partial charge in [-0.05, 0) is 19.3 Å². The second-order valence-corrected chi connectivity index (χ2v) is 18.5. The second-order valence-electron chi connectivity index (χ2n) is 17.4. The Morgan fingerprint density at radius 2 is 1.05 bits per heavy atom. The van der Waals surface area contributed by atoms with Crippen LogP contribution in [0, 0.1) is 0 Å². The van der Waals surface area contributed by atoms with E-state index >= 15 is 0 Å². The summed E-state index contributed by atoms with van der Waals surface area (Å²) in [6.07, 6.45) is 33.9. The van der Waals surface area contributed by atoms with Crippen LogP contribution >= 0.6 is 0 Å². The normalized spacial score (nSPS) is 20.8. The molecule has 1 saturated heterocycles. The van der Waals surface area contributed by atoms with Crippen molar-refractivity contribution in [1.29, 1.82) is 0 Å². The Kier molecular flexibility index (Phi) is 36.3. The summed E-state index contributed by atoms with van der Waals surface area (Å²) in [5.41, 5.74) is 0. The summed E-state index contributed by atoms with van der Waals surface area (Å²) >= 11 is 0. The molecule has 12 nitrogen and oxygen atoms in total. The molecule has 6 N–H and O–H groups in total. The Morgan fingerprint density at radius 1 is 0.650 bits per heavy atom. The molecule has 0 radical (unpaired) electrons. The van der Waals surface area contributed by atoms with Gasteiger partial charge in [-0.15, -0.1) is 0 Å². The summed E-state index contributed by atoms with van der Waals surface area (Å²) in [4.78, 5) is 13.0. The Balaban J connectivity index is 2.49. The topological polar surface area (TPSA) is 192 Å². The maximum atomic E-state index is 13.0. The first-order chi connectivity index (χ1) is 29.0. The average molecular weight is 878 g/mol. The molecule has 1 heterocycles. The van der Waals surface area contributed by atoms with E-state index in [1.54, 1.807) is 6.08 Å². The van der Waals surface area contributed by atoms with Gasteiger partial charge in [0.1, 0.15) is 24.4 Å². The molecule has 0 aliphatic carbocycles. The number of nitrogens with one attached hydrogen (secondary N) is 1. The van der Waals surface area contributed by atoms with Crippen molar-refractivity contribution >= 4 is 16.3 Å². The number of aliphatic hydroxyl groups is 4. The van der Waals surface area contributed by atoms with Gasteiger partial charge in [0.05, 0.1) is 25.4 Å². The fraction of sp³-hybridized carbons (Fsp3) is 0.936. The molecule has 0 saturated carbocycles. The monoisotopic (exact) mass is 878 g/mol. The second kappa shape index (κ2) is 38.3. The number of amides is 1. The highest BCUT2D eigenvalue weighted by atomic mass is 32.3. The summed E-state index contributed by atoms with van der Waals surface area (Å²) in [7, 11) is -5.08. The fourth-order valence-corrected chi connectivity index (χ4v) is 8.49. The standard InChI is InChI=1S/C47H91NO11S/c1-3-5-7-9-11-13-15-17-19-21-23-25-27-29-31-33-35-37-43(51)48-40(39-57-47-45(53)46(59-60(54,55)56)44(52)42(38-49)58-47)41(50)36-34-32-30-28-26-24-22-20-18-16-14-12-10-8-6-4-2/h34,36,40-42,44-47,49-50,52-53H,3-33,35,37-39H2,1-2H3,(H,48,51)(H,54,55,56)/b36-34+. The lowest BCUT2D eigenvalue weighted by Crippen LogP contribution is -2.61. The lowest BCUT2D eigenvalue weighted by Gasteiger charge is -2.41. The SMILES string of the molecule is CCCCCCCCCCCCCCCC/C=C/C(O)C(COC1OC(CO)C(O)C(OS(=O)(=O)O)C1O)NC(=O)CCCCCCCCCCCCCCCCCCC. The molecule has 7 atom stereocenters. The van der Waals surface area contributed by atoms with E-state index < -0.39 is 59.9 Å². The number of ether oxygens (including phenoxy) is 2. The molecular weight excluding hydrogens is 787 g/mol. The van der Waals surface area contributed by atoms with Crippen LogP contribution in [0.5, 0.6) is 0 Å². The third kappa shape index (κ3) is 30.8. The van der Waals surface area contributed by atoms with E-state index in [4.69, 9.17) is 9.47 Å². The number of unbranched alkanes of at least 4 members (excludes halogenated alkanes) is 30. The van der Waals surface area contributed by atoms with E-state index in [0.29, 0.717) is 6.42 Å². The quantitative estimate of drug-likeness (QED) is 0.0194. The first-order valence-electron chi connectivity index (χ1n) is 24.6. The third-order valence-electron chi connectivity index (χ3n) is 11.8. The largest absolute Gasteiger partial charge is 0.397 e. The Morgan fingerprint density at radius 3 is 1.45 bits per heavy atom. The summed E-state index contributed by atoms with van der Waals surface area (Å²) < 4.78 is 47.6. The van der Waals surface area contributed by atoms with Crippen LogP contribution in [-0.2, 0) is 28.9 Å². The highest BCUT2D eigenvalue weighted by molar-refractivity contribution is 7.80. The van der Waals surface area contributed by atoms with E-state index in [2.05, 4.69) is 23.3 Å². The zero-order valence-corrected chi connectivity index (χ0v) is 38.9. The molecule has 356 valence electrons. The molecule has 1 rings (SSSR count). The van der Waals surface area contributed by atoms with Crippen LogP contribution in [0.25, 0.3) is 0 Å². The van der Waals surface area contributed by atoms with Gasteiger partial charge in [0, 0.05) is 6.42 Å². The van der Waals surface area contributed by atoms with Crippen LogP contribution in [0.15, 0.2) is 12.2 Å². The minimum atomic E-state index is -5.08. The molecule has 0 aromatic heterocycles. The lowest BCUT2D eigenvalue weighted by atomic mass is 9.99. The van der Waals surface area contributed by atoms with Gasteiger partial charge in [-0.2, -0.15) is 8.42 Å². The molecule has 1 fully saturated rings. The van der Waals surface area contributed by atoms with Crippen LogP contribution in [0.3, 0.4) is 0 Å². The van der Waals surface area contributed by atoms with Gasteiger partial charge in [0.25, 0.3) is 0 Å². The zero-order valence-electron chi connectivity index (χ0n) is 38.0. The average Bonchev–Trinajstić information content (AvgIpc) is 3.22. The van der Waals surface area contributed by atoms with Crippen molar-refractivity contribution in [2.24, 2.45) is 0 Å². The highest BCUT2D eigenvalue weighted by Gasteiger charge is 2.48. The Hall–Kier alpha value is -1.16. The van der Waals surface area contributed by atoms with Gasteiger partial charge in [0.2, 0.25) is 5.91 Å². The molecule has 7 unspecified atom stereocenters. The van der Waals surface area contributed by atoms with Crippen LogP contribution in [-0.4, -0.2) is 95.4 Å². The summed E-state index contributed by atoms with van der Waals surface area (Å²) in [6.45, 7) is 3.41. The lowest BCUT2D eigenvalue weighted by molar-refractivity contribution is -0.298. The zero-order chi connectivity index (χ0) is 44.1. The van der Waals surface area contributed by atoms with Crippen molar-refractivity contribution in [3.05, 3.63) is 12.2 Å². The molecule has 13 heteroatoms. The first kappa shape index (κ1) is 56.9.